The molecule has 0 aromatic carbocycles. The Hall–Kier alpha value is -0.670. The maximum Gasteiger partial charge on any atom is 0.248 e. The summed E-state index contributed by atoms with van der Waals surface area (Å²) in [6, 6.07) is 0.363. The molecule has 2 nitrogen and oxygen atoms in total. The number of nitrogens with one attached hydrogen (secondary N) is 1. The van der Waals surface area contributed by atoms with E-state index in [4.69, 9.17) is 0 Å². The van der Waals surface area contributed by atoms with E-state index in [0.717, 1.165) is 6.42 Å². The van der Waals surface area contributed by atoms with Crippen molar-refractivity contribution in [3.63, 3.8) is 0 Å². The first kappa shape index (κ1) is 10.5. The summed E-state index contributed by atoms with van der Waals surface area (Å²) in [7, 11) is 0. The predicted molar refractivity (Wildman–Crippen MR) is 55.1 cm³/mol. The summed E-state index contributed by atoms with van der Waals surface area (Å²) in [6.45, 7) is 0. The molecule has 1 atom stereocenters. The van der Waals surface area contributed by atoms with Crippen molar-refractivity contribution >= 4 is 5.91 Å². The highest BCUT2D eigenvalue weighted by Crippen LogP contribution is 2.65. The van der Waals surface area contributed by atoms with E-state index < -0.39 is 5.92 Å². The van der Waals surface area contributed by atoms with Crippen LogP contribution < -0.4 is 5.32 Å². The third-order valence-corrected chi connectivity index (χ3v) is 4.49. The van der Waals surface area contributed by atoms with E-state index in [1.807, 2.05) is 0 Å². The number of hydrogen-bond donors (Lipinski definition) is 1. The van der Waals surface area contributed by atoms with Gasteiger partial charge in [-0.2, -0.15) is 0 Å². The van der Waals surface area contributed by atoms with Crippen molar-refractivity contribution in [1.29, 1.82) is 0 Å². The molecule has 0 heterocycles. The molecule has 1 unspecified atom stereocenters. The van der Waals surface area contributed by atoms with E-state index in [-0.39, 0.29) is 24.7 Å². The first-order chi connectivity index (χ1) is 7.51. The molecule has 0 aromatic heterocycles. The zero-order valence-corrected chi connectivity index (χ0v) is 9.27. The van der Waals surface area contributed by atoms with Gasteiger partial charge in [-0.25, -0.2) is 8.78 Å². The van der Waals surface area contributed by atoms with Crippen LogP contribution in [0.1, 0.15) is 44.9 Å². The zero-order chi connectivity index (χ0) is 11.4. The molecule has 3 aliphatic carbocycles. The van der Waals surface area contributed by atoms with Crippen LogP contribution >= 0.6 is 0 Å². The first-order valence-electron chi connectivity index (χ1n) is 6.19. The highest BCUT2D eigenvalue weighted by atomic mass is 19.3. The van der Waals surface area contributed by atoms with E-state index >= 15 is 0 Å². The van der Waals surface area contributed by atoms with Gasteiger partial charge >= 0.3 is 0 Å². The molecule has 0 aromatic rings. The predicted octanol–water partition coefficient (Wildman–Crippen LogP) is 2.48. The summed E-state index contributed by atoms with van der Waals surface area (Å²) in [5, 5.41) is 3.02. The minimum absolute atomic E-state index is 0.0178. The maximum atomic E-state index is 12.9. The van der Waals surface area contributed by atoms with E-state index in [0.29, 0.717) is 24.3 Å². The average molecular weight is 229 g/mol. The number of alkyl halides is 2. The summed E-state index contributed by atoms with van der Waals surface area (Å²) in [5.74, 6) is -2.69. The van der Waals surface area contributed by atoms with E-state index in [1.165, 1.54) is 12.8 Å². The molecular formula is C12H17F2NO. The molecule has 3 rings (SSSR count). The summed E-state index contributed by atoms with van der Waals surface area (Å²) in [4.78, 5) is 11.8. The molecule has 0 saturated heterocycles. The van der Waals surface area contributed by atoms with Crippen molar-refractivity contribution in [2.24, 2.45) is 11.3 Å². The monoisotopic (exact) mass is 229 g/mol. The lowest BCUT2D eigenvalue weighted by Crippen LogP contribution is -2.37. The molecule has 16 heavy (non-hydrogen) atoms. The molecule has 1 amide bonds. The molecule has 3 aliphatic rings. The van der Waals surface area contributed by atoms with Crippen molar-refractivity contribution in [3.05, 3.63) is 0 Å². The lowest BCUT2D eigenvalue weighted by Gasteiger charge is -2.27. The third kappa shape index (κ3) is 1.82. The number of carbonyl (C=O) groups is 1. The average Bonchev–Trinajstić information content (AvgIpc) is 3.09. The van der Waals surface area contributed by atoms with Crippen molar-refractivity contribution in [2.45, 2.75) is 56.9 Å². The van der Waals surface area contributed by atoms with Crippen LogP contribution in [0, 0.1) is 11.3 Å². The number of amides is 1. The van der Waals surface area contributed by atoms with E-state index in [9.17, 15) is 13.6 Å². The van der Waals surface area contributed by atoms with Gasteiger partial charge in [0.15, 0.2) is 0 Å². The van der Waals surface area contributed by atoms with Crippen molar-refractivity contribution in [3.8, 4) is 0 Å². The summed E-state index contributed by atoms with van der Waals surface area (Å²) in [5.41, 5.74) is 0.453. The summed E-state index contributed by atoms with van der Waals surface area (Å²) in [6.07, 6.45) is 4.03. The molecule has 90 valence electrons. The van der Waals surface area contributed by atoms with Gasteiger partial charge in [-0.15, -0.1) is 0 Å². The van der Waals surface area contributed by atoms with Gasteiger partial charge < -0.3 is 5.32 Å². The molecule has 0 bridgehead atoms. The lowest BCUT2D eigenvalue weighted by molar-refractivity contribution is -0.129. The molecule has 0 aliphatic heterocycles. The fraction of sp³-hybridized carbons (Fsp3) is 0.917. The molecule has 1 spiro atoms. The Bertz CT molecular complexity index is 315. The Kier molecular flexibility index (Phi) is 2.08. The second-order valence-corrected chi connectivity index (χ2v) is 5.76. The molecule has 3 fully saturated rings. The van der Waals surface area contributed by atoms with Gasteiger partial charge in [-0.1, -0.05) is 0 Å². The Morgan fingerprint density at radius 1 is 1.12 bits per heavy atom. The third-order valence-electron chi connectivity index (χ3n) is 4.49. The quantitative estimate of drug-likeness (QED) is 0.774. The van der Waals surface area contributed by atoms with Gasteiger partial charge in [-0.05, 0) is 37.5 Å². The topological polar surface area (TPSA) is 29.1 Å². The number of halogens is 2. The Balaban J connectivity index is 1.48. The molecule has 0 radical (unpaired) electrons. The Labute approximate surface area is 93.8 Å². The number of hydrogen-bond acceptors (Lipinski definition) is 1. The van der Waals surface area contributed by atoms with Crippen LogP contribution in [-0.4, -0.2) is 17.9 Å². The molecule has 4 heteroatoms. The van der Waals surface area contributed by atoms with Gasteiger partial charge in [0.05, 0.1) is 0 Å². The van der Waals surface area contributed by atoms with Crippen LogP contribution in [0.4, 0.5) is 8.78 Å². The standard InChI is InChI=1S/C12H17F2NO/c13-12(14)3-1-8(2-4-12)10(16)15-9-7-11(9)5-6-11/h8-9H,1-7H2,(H,15,16). The highest BCUT2D eigenvalue weighted by Gasteiger charge is 2.63. The van der Waals surface area contributed by atoms with Gasteiger partial charge in [0, 0.05) is 24.8 Å². The van der Waals surface area contributed by atoms with Crippen LogP contribution in [0.15, 0.2) is 0 Å². The van der Waals surface area contributed by atoms with Crippen LogP contribution in [0.3, 0.4) is 0 Å². The van der Waals surface area contributed by atoms with Crippen LogP contribution in [0.25, 0.3) is 0 Å². The minimum Gasteiger partial charge on any atom is -0.353 e. The molecule has 1 N–H and O–H groups in total. The smallest absolute Gasteiger partial charge is 0.248 e. The van der Waals surface area contributed by atoms with Gasteiger partial charge in [-0.3, -0.25) is 4.79 Å². The van der Waals surface area contributed by atoms with Crippen molar-refractivity contribution in [2.75, 3.05) is 0 Å². The normalized spacial score (nSPS) is 34.8. The second kappa shape index (κ2) is 3.17. The van der Waals surface area contributed by atoms with Crippen molar-refractivity contribution < 1.29 is 13.6 Å². The molecule has 3 saturated carbocycles. The fourth-order valence-corrected chi connectivity index (χ4v) is 2.86. The minimum atomic E-state index is -2.53. The van der Waals surface area contributed by atoms with Crippen molar-refractivity contribution in [1.82, 2.24) is 5.32 Å². The van der Waals surface area contributed by atoms with Gasteiger partial charge in [0.2, 0.25) is 11.8 Å². The highest BCUT2D eigenvalue weighted by molar-refractivity contribution is 5.79. The first-order valence-corrected chi connectivity index (χ1v) is 6.19. The van der Waals surface area contributed by atoms with E-state index in [1.54, 1.807) is 0 Å². The maximum absolute atomic E-state index is 12.9. The SMILES string of the molecule is O=C(NC1CC12CC2)C1CCC(F)(F)CC1. The van der Waals surface area contributed by atoms with Crippen LogP contribution in [-0.2, 0) is 4.79 Å². The molecular weight excluding hydrogens is 212 g/mol. The number of carbonyl (C=O) groups excluding carboxylic acids is 1. The Morgan fingerprint density at radius 2 is 1.75 bits per heavy atom. The lowest BCUT2D eigenvalue weighted by atomic mass is 9.86. The zero-order valence-electron chi connectivity index (χ0n) is 9.27. The Morgan fingerprint density at radius 3 is 2.25 bits per heavy atom. The summed E-state index contributed by atoms with van der Waals surface area (Å²) >= 11 is 0. The van der Waals surface area contributed by atoms with E-state index in [2.05, 4.69) is 5.32 Å². The van der Waals surface area contributed by atoms with Gasteiger partial charge in [0.25, 0.3) is 0 Å². The van der Waals surface area contributed by atoms with Crippen LogP contribution in [0.5, 0.6) is 0 Å². The fourth-order valence-electron chi connectivity index (χ4n) is 2.86. The second-order valence-electron chi connectivity index (χ2n) is 5.76. The summed E-state index contributed by atoms with van der Waals surface area (Å²) < 4.78 is 25.8. The van der Waals surface area contributed by atoms with Crippen LogP contribution in [0.2, 0.25) is 0 Å². The number of rotatable bonds is 2. The largest absolute Gasteiger partial charge is 0.353 e. The van der Waals surface area contributed by atoms with Gasteiger partial charge in [0.1, 0.15) is 0 Å².